The normalized spacial score (nSPS) is 11.8. The highest BCUT2D eigenvalue weighted by Crippen LogP contribution is 2.15. The number of hydrogen-bond acceptors (Lipinski definition) is 4. The van der Waals surface area contributed by atoms with Gasteiger partial charge in [0.15, 0.2) is 5.69 Å². The zero-order chi connectivity index (χ0) is 17.0. The monoisotopic (exact) mass is 315 g/mol. The van der Waals surface area contributed by atoms with Crippen molar-refractivity contribution < 1.29 is 9.53 Å². The molecule has 0 aliphatic carbocycles. The van der Waals surface area contributed by atoms with Crippen LogP contribution in [0.1, 0.15) is 36.3 Å². The van der Waals surface area contributed by atoms with Gasteiger partial charge in [0, 0.05) is 6.04 Å². The first-order chi connectivity index (χ1) is 11.0. The lowest BCUT2D eigenvalue weighted by Crippen LogP contribution is -2.36. The van der Waals surface area contributed by atoms with E-state index in [4.69, 9.17) is 4.74 Å². The Morgan fingerprint density at radius 3 is 2.57 bits per heavy atom. The van der Waals surface area contributed by atoms with Crippen LogP contribution in [0.4, 0.5) is 0 Å². The summed E-state index contributed by atoms with van der Waals surface area (Å²) in [6, 6.07) is 8.80. The molecule has 1 N–H and O–H groups in total. The predicted molar refractivity (Wildman–Crippen MR) is 88.3 cm³/mol. The van der Waals surface area contributed by atoms with Crippen molar-refractivity contribution in [2.75, 3.05) is 7.11 Å². The van der Waals surface area contributed by atoms with Gasteiger partial charge >= 0.3 is 0 Å². The van der Waals surface area contributed by atoms with E-state index in [0.717, 1.165) is 12.0 Å². The Kier molecular flexibility index (Phi) is 5.16. The number of aryl methyl sites for hydroxylation is 1. The van der Waals surface area contributed by atoms with E-state index < -0.39 is 11.3 Å². The van der Waals surface area contributed by atoms with Gasteiger partial charge in [0.25, 0.3) is 5.91 Å². The molecule has 23 heavy (non-hydrogen) atoms. The first kappa shape index (κ1) is 16.7. The van der Waals surface area contributed by atoms with Gasteiger partial charge in [0.2, 0.25) is 11.3 Å². The standard InChI is InChI=1S/C17H21N3O3/c1-5-12(3)18-17(22)16-14(21)10-15(23-4)20(19-16)13-8-6-11(2)7-9-13/h6-10,12H,5H2,1-4H3,(H,18,22). The van der Waals surface area contributed by atoms with Crippen molar-refractivity contribution in [2.24, 2.45) is 0 Å². The summed E-state index contributed by atoms with van der Waals surface area (Å²) in [5.74, 6) is -0.202. The van der Waals surface area contributed by atoms with Crippen LogP contribution in [0.15, 0.2) is 35.1 Å². The maximum Gasteiger partial charge on any atom is 0.276 e. The number of ether oxygens (including phenoxy) is 1. The Labute approximate surface area is 135 Å². The molecule has 6 heteroatoms. The number of benzene rings is 1. The number of hydrogen-bond donors (Lipinski definition) is 1. The molecule has 0 fully saturated rings. The lowest BCUT2D eigenvalue weighted by Gasteiger charge is -2.14. The predicted octanol–water partition coefficient (Wildman–Crippen LogP) is 2.08. The molecule has 0 saturated carbocycles. The smallest absolute Gasteiger partial charge is 0.276 e. The molecule has 1 heterocycles. The molecule has 0 aliphatic rings. The van der Waals surface area contributed by atoms with Crippen LogP contribution in [0, 0.1) is 6.92 Å². The minimum absolute atomic E-state index is 0.0290. The fourth-order valence-electron chi connectivity index (χ4n) is 2.01. The van der Waals surface area contributed by atoms with E-state index in [9.17, 15) is 9.59 Å². The van der Waals surface area contributed by atoms with Crippen LogP contribution in [-0.4, -0.2) is 28.8 Å². The molecule has 0 bridgehead atoms. The Morgan fingerprint density at radius 1 is 1.35 bits per heavy atom. The van der Waals surface area contributed by atoms with Gasteiger partial charge in [-0.15, -0.1) is 0 Å². The molecule has 0 saturated heterocycles. The van der Waals surface area contributed by atoms with E-state index in [-0.39, 0.29) is 17.6 Å². The Bertz CT molecular complexity index is 751. The van der Waals surface area contributed by atoms with Crippen LogP contribution in [0.25, 0.3) is 5.69 Å². The molecule has 1 amide bonds. The van der Waals surface area contributed by atoms with Crippen LogP contribution >= 0.6 is 0 Å². The first-order valence-corrected chi connectivity index (χ1v) is 7.52. The van der Waals surface area contributed by atoms with Gasteiger partial charge in [-0.25, -0.2) is 4.68 Å². The van der Waals surface area contributed by atoms with E-state index in [2.05, 4.69) is 10.4 Å². The fourth-order valence-corrected chi connectivity index (χ4v) is 2.01. The summed E-state index contributed by atoms with van der Waals surface area (Å²) in [7, 11) is 1.46. The largest absolute Gasteiger partial charge is 0.481 e. The summed E-state index contributed by atoms with van der Waals surface area (Å²) in [4.78, 5) is 24.4. The summed E-state index contributed by atoms with van der Waals surface area (Å²) in [5, 5.41) is 6.95. The third kappa shape index (κ3) is 3.77. The van der Waals surface area contributed by atoms with Gasteiger partial charge < -0.3 is 10.1 Å². The SMILES string of the molecule is CCC(C)NC(=O)c1nn(-c2ccc(C)cc2)c(OC)cc1=O. The highest BCUT2D eigenvalue weighted by atomic mass is 16.5. The summed E-state index contributed by atoms with van der Waals surface area (Å²) < 4.78 is 6.67. The van der Waals surface area contributed by atoms with Crippen molar-refractivity contribution >= 4 is 5.91 Å². The zero-order valence-electron chi connectivity index (χ0n) is 13.8. The Morgan fingerprint density at radius 2 is 2.00 bits per heavy atom. The number of aromatic nitrogens is 2. The quantitative estimate of drug-likeness (QED) is 0.917. The molecule has 122 valence electrons. The van der Waals surface area contributed by atoms with Crippen molar-refractivity contribution in [3.8, 4) is 11.6 Å². The average molecular weight is 315 g/mol. The van der Waals surface area contributed by atoms with Crippen molar-refractivity contribution in [1.29, 1.82) is 0 Å². The summed E-state index contributed by atoms with van der Waals surface area (Å²) in [6.07, 6.45) is 0.772. The number of carbonyl (C=O) groups excluding carboxylic acids is 1. The highest BCUT2D eigenvalue weighted by Gasteiger charge is 2.18. The highest BCUT2D eigenvalue weighted by molar-refractivity contribution is 5.92. The van der Waals surface area contributed by atoms with E-state index in [1.165, 1.54) is 17.9 Å². The van der Waals surface area contributed by atoms with Gasteiger partial charge in [-0.1, -0.05) is 24.6 Å². The number of rotatable bonds is 5. The Hall–Kier alpha value is -2.63. The van der Waals surface area contributed by atoms with Gasteiger partial charge in [-0.3, -0.25) is 9.59 Å². The van der Waals surface area contributed by atoms with Crippen molar-refractivity contribution in [3.05, 3.63) is 51.8 Å². The van der Waals surface area contributed by atoms with E-state index in [0.29, 0.717) is 5.69 Å². The minimum Gasteiger partial charge on any atom is -0.481 e. The lowest BCUT2D eigenvalue weighted by molar-refractivity contribution is 0.0931. The number of nitrogens with zero attached hydrogens (tertiary/aromatic N) is 2. The molecule has 1 unspecified atom stereocenters. The first-order valence-electron chi connectivity index (χ1n) is 7.52. The minimum atomic E-state index is -0.479. The topological polar surface area (TPSA) is 73.2 Å². The second-order valence-corrected chi connectivity index (χ2v) is 5.43. The van der Waals surface area contributed by atoms with Crippen molar-refractivity contribution in [2.45, 2.75) is 33.2 Å². The summed E-state index contributed by atoms with van der Waals surface area (Å²) in [5.41, 5.74) is 1.20. The average Bonchev–Trinajstić information content (AvgIpc) is 2.55. The third-order valence-corrected chi connectivity index (χ3v) is 3.59. The fraction of sp³-hybridized carbons (Fsp3) is 0.353. The maximum atomic E-state index is 12.2. The van der Waals surface area contributed by atoms with E-state index >= 15 is 0 Å². The van der Waals surface area contributed by atoms with Gasteiger partial charge in [-0.05, 0) is 32.4 Å². The number of methoxy groups -OCH3 is 1. The van der Waals surface area contributed by atoms with Crippen LogP contribution in [0.5, 0.6) is 5.88 Å². The molecule has 0 spiro atoms. The van der Waals surface area contributed by atoms with Crippen molar-refractivity contribution in [1.82, 2.24) is 15.1 Å². The van der Waals surface area contributed by atoms with Gasteiger partial charge in [-0.2, -0.15) is 5.10 Å². The Balaban J connectivity index is 2.50. The van der Waals surface area contributed by atoms with E-state index in [1.807, 2.05) is 45.0 Å². The molecular weight excluding hydrogens is 294 g/mol. The number of nitrogens with one attached hydrogen (secondary N) is 1. The maximum absolute atomic E-state index is 12.2. The molecule has 2 rings (SSSR count). The second kappa shape index (κ2) is 7.09. The van der Waals surface area contributed by atoms with Crippen LogP contribution in [0.2, 0.25) is 0 Å². The second-order valence-electron chi connectivity index (χ2n) is 5.43. The lowest BCUT2D eigenvalue weighted by atomic mass is 10.2. The molecular formula is C17H21N3O3. The number of carbonyl (C=O) groups is 1. The third-order valence-electron chi connectivity index (χ3n) is 3.59. The van der Waals surface area contributed by atoms with Crippen molar-refractivity contribution in [3.63, 3.8) is 0 Å². The molecule has 1 atom stereocenters. The molecule has 6 nitrogen and oxygen atoms in total. The van der Waals surface area contributed by atoms with Crippen LogP contribution in [0.3, 0.4) is 0 Å². The van der Waals surface area contributed by atoms with Crippen LogP contribution in [-0.2, 0) is 0 Å². The van der Waals surface area contributed by atoms with Crippen LogP contribution < -0.4 is 15.5 Å². The molecule has 0 aliphatic heterocycles. The van der Waals surface area contributed by atoms with E-state index in [1.54, 1.807) is 0 Å². The molecule has 1 aromatic carbocycles. The molecule has 2 aromatic rings. The summed E-state index contributed by atoms with van der Waals surface area (Å²) in [6.45, 7) is 5.81. The molecule has 0 radical (unpaired) electrons. The summed E-state index contributed by atoms with van der Waals surface area (Å²) >= 11 is 0. The number of amides is 1. The zero-order valence-corrected chi connectivity index (χ0v) is 13.8. The molecule has 1 aromatic heterocycles. The van der Waals surface area contributed by atoms with Gasteiger partial charge in [0.05, 0.1) is 18.9 Å². The van der Waals surface area contributed by atoms with Gasteiger partial charge in [0.1, 0.15) is 0 Å².